The van der Waals surface area contributed by atoms with Crippen LogP contribution in [0.4, 0.5) is 5.00 Å². The molecule has 142 valence electrons. The van der Waals surface area contributed by atoms with Gasteiger partial charge < -0.3 is 20.0 Å². The Bertz CT molecular complexity index is 869. The lowest BCUT2D eigenvalue weighted by atomic mass is 9.82. The third-order valence-electron chi connectivity index (χ3n) is 4.37. The summed E-state index contributed by atoms with van der Waals surface area (Å²) in [5.74, 6) is -3.80. The van der Waals surface area contributed by atoms with E-state index in [0.717, 1.165) is 4.88 Å². The van der Waals surface area contributed by atoms with Crippen LogP contribution in [0.25, 0.3) is 10.4 Å². The van der Waals surface area contributed by atoms with Gasteiger partial charge in [-0.1, -0.05) is 18.2 Å². The fourth-order valence-corrected chi connectivity index (χ4v) is 4.81. The van der Waals surface area contributed by atoms with Gasteiger partial charge in [0.05, 0.1) is 12.5 Å². The van der Waals surface area contributed by atoms with Crippen molar-refractivity contribution in [3.8, 4) is 10.4 Å². The molecule has 2 aromatic rings. The lowest BCUT2D eigenvalue weighted by Gasteiger charge is -2.28. The van der Waals surface area contributed by atoms with Crippen LogP contribution >= 0.6 is 22.7 Å². The first-order valence-corrected chi connectivity index (χ1v) is 10.3. The first-order valence-electron chi connectivity index (χ1n) is 8.52. The minimum Gasteiger partial charge on any atom is -0.550 e. The quantitative estimate of drug-likeness (QED) is 0.590. The Labute approximate surface area is 164 Å². The Hall–Kier alpha value is -2.45. The maximum Gasteiger partial charge on any atom is 0.341 e. The summed E-state index contributed by atoms with van der Waals surface area (Å²) in [5, 5.41) is 18.2. The molecule has 2 aromatic heterocycles. The lowest BCUT2D eigenvalue weighted by molar-refractivity contribution is -0.313. The second-order valence-electron chi connectivity index (χ2n) is 6.02. The van der Waals surface area contributed by atoms with Gasteiger partial charge in [0.25, 0.3) is 0 Å². The minimum atomic E-state index is -1.24. The van der Waals surface area contributed by atoms with E-state index in [1.54, 1.807) is 24.5 Å². The summed E-state index contributed by atoms with van der Waals surface area (Å²) in [6, 6.07) is 3.77. The monoisotopic (exact) mass is 404 g/mol. The highest BCUT2D eigenvalue weighted by molar-refractivity contribution is 7.17. The summed E-state index contributed by atoms with van der Waals surface area (Å²) in [7, 11) is 0. The fraction of sp³-hybridized carbons (Fsp3) is 0.316. The minimum absolute atomic E-state index is 0.214. The molecule has 8 heteroatoms. The van der Waals surface area contributed by atoms with E-state index >= 15 is 0 Å². The summed E-state index contributed by atoms with van der Waals surface area (Å²) in [6.45, 7) is 1.93. The molecule has 1 aliphatic rings. The van der Waals surface area contributed by atoms with Crippen molar-refractivity contribution in [2.75, 3.05) is 11.9 Å². The van der Waals surface area contributed by atoms with E-state index in [1.807, 2.05) is 17.5 Å². The van der Waals surface area contributed by atoms with Crippen molar-refractivity contribution < 1.29 is 24.2 Å². The molecule has 1 N–H and O–H groups in total. The van der Waals surface area contributed by atoms with Gasteiger partial charge in [-0.2, -0.15) is 0 Å². The van der Waals surface area contributed by atoms with Gasteiger partial charge in [0.1, 0.15) is 10.6 Å². The smallest absolute Gasteiger partial charge is 0.341 e. The third kappa shape index (κ3) is 4.12. The predicted octanol–water partition coefficient (Wildman–Crippen LogP) is 2.92. The molecule has 0 bridgehead atoms. The van der Waals surface area contributed by atoms with Crippen LogP contribution < -0.4 is 10.4 Å². The molecule has 0 aromatic carbocycles. The summed E-state index contributed by atoms with van der Waals surface area (Å²) < 4.78 is 5.16. The molecule has 0 fully saturated rings. The SMILES string of the molecule is CCOC(=O)c1c(-c2cccs2)csc1NC(=O)[C@@H]1CC=CC[C@H]1C(=O)[O-]. The highest BCUT2D eigenvalue weighted by Gasteiger charge is 2.31. The highest BCUT2D eigenvalue weighted by atomic mass is 32.1. The third-order valence-corrected chi connectivity index (χ3v) is 6.16. The molecule has 1 aliphatic carbocycles. The normalized spacial score (nSPS) is 18.9. The van der Waals surface area contributed by atoms with E-state index < -0.39 is 29.7 Å². The van der Waals surface area contributed by atoms with Crippen LogP contribution in [0.1, 0.15) is 30.1 Å². The topological polar surface area (TPSA) is 95.5 Å². The molecule has 0 aliphatic heterocycles. The number of nitrogens with one attached hydrogen (secondary N) is 1. The predicted molar refractivity (Wildman–Crippen MR) is 103 cm³/mol. The van der Waals surface area contributed by atoms with Crippen LogP contribution in [0.3, 0.4) is 0 Å². The second-order valence-corrected chi connectivity index (χ2v) is 7.84. The van der Waals surface area contributed by atoms with Crippen molar-refractivity contribution in [3.05, 3.63) is 40.6 Å². The Morgan fingerprint density at radius 1 is 1.22 bits per heavy atom. The van der Waals surface area contributed by atoms with Crippen LogP contribution in [0, 0.1) is 11.8 Å². The van der Waals surface area contributed by atoms with Gasteiger partial charge in [0.2, 0.25) is 5.91 Å². The van der Waals surface area contributed by atoms with E-state index in [2.05, 4.69) is 5.32 Å². The van der Waals surface area contributed by atoms with Crippen molar-refractivity contribution in [3.63, 3.8) is 0 Å². The number of carbonyl (C=O) groups excluding carboxylic acids is 3. The molecule has 0 spiro atoms. The zero-order valence-electron chi connectivity index (χ0n) is 14.6. The standard InChI is InChI=1S/C19H19NO5S2/c1-2-25-19(24)15-13(14-8-5-9-26-14)10-27-17(15)20-16(21)11-6-3-4-7-12(11)18(22)23/h3-5,8-12H,2,6-7H2,1H3,(H,20,21)(H,22,23)/p-1/t11-,12-/m1/s1. The summed E-state index contributed by atoms with van der Waals surface area (Å²) >= 11 is 2.70. The number of carboxylic acid groups (broad SMARTS) is 1. The van der Waals surface area contributed by atoms with Crippen molar-refractivity contribution >= 4 is 45.5 Å². The van der Waals surface area contributed by atoms with Gasteiger partial charge in [0.15, 0.2) is 0 Å². The highest BCUT2D eigenvalue weighted by Crippen LogP contribution is 2.39. The Balaban J connectivity index is 1.90. The van der Waals surface area contributed by atoms with E-state index in [4.69, 9.17) is 4.74 Å². The van der Waals surface area contributed by atoms with E-state index in [-0.39, 0.29) is 13.0 Å². The van der Waals surface area contributed by atoms with Crippen LogP contribution in [-0.2, 0) is 14.3 Å². The zero-order valence-corrected chi connectivity index (χ0v) is 16.2. The van der Waals surface area contributed by atoms with E-state index in [1.165, 1.54) is 22.7 Å². The van der Waals surface area contributed by atoms with Gasteiger partial charge >= 0.3 is 5.97 Å². The van der Waals surface area contributed by atoms with Crippen molar-refractivity contribution in [2.45, 2.75) is 19.8 Å². The number of hydrogen-bond donors (Lipinski definition) is 1. The molecule has 27 heavy (non-hydrogen) atoms. The van der Waals surface area contributed by atoms with Gasteiger partial charge in [-0.3, -0.25) is 4.79 Å². The molecular weight excluding hydrogens is 386 g/mol. The van der Waals surface area contributed by atoms with Crippen molar-refractivity contribution in [2.24, 2.45) is 11.8 Å². The molecule has 3 rings (SSSR count). The maximum absolute atomic E-state index is 12.7. The molecule has 2 atom stereocenters. The first kappa shape index (κ1) is 19.3. The van der Waals surface area contributed by atoms with Gasteiger partial charge in [0, 0.05) is 27.7 Å². The van der Waals surface area contributed by atoms with Crippen LogP contribution in [0.15, 0.2) is 35.0 Å². The van der Waals surface area contributed by atoms with E-state index in [9.17, 15) is 19.5 Å². The Kier molecular flexibility index (Phi) is 6.08. The van der Waals surface area contributed by atoms with Crippen LogP contribution in [-0.4, -0.2) is 24.5 Å². The Morgan fingerprint density at radius 3 is 2.59 bits per heavy atom. The number of rotatable bonds is 6. The number of esters is 1. The molecule has 2 heterocycles. The summed E-state index contributed by atoms with van der Waals surface area (Å²) in [5.41, 5.74) is 0.998. The molecule has 6 nitrogen and oxygen atoms in total. The molecule has 0 radical (unpaired) electrons. The van der Waals surface area contributed by atoms with E-state index in [0.29, 0.717) is 22.5 Å². The largest absolute Gasteiger partial charge is 0.550 e. The number of carboxylic acids is 1. The van der Waals surface area contributed by atoms with Crippen LogP contribution in [0.2, 0.25) is 0 Å². The number of thiophene rings is 2. The fourth-order valence-electron chi connectivity index (χ4n) is 3.04. The van der Waals surface area contributed by atoms with Gasteiger partial charge in [-0.05, 0) is 31.2 Å². The second kappa shape index (κ2) is 8.49. The van der Waals surface area contributed by atoms with Crippen molar-refractivity contribution in [1.82, 2.24) is 0 Å². The number of allylic oxidation sites excluding steroid dienone is 2. The van der Waals surface area contributed by atoms with Gasteiger partial charge in [-0.25, -0.2) is 4.79 Å². The van der Waals surface area contributed by atoms with Crippen LogP contribution in [0.5, 0.6) is 0 Å². The molecule has 0 unspecified atom stereocenters. The zero-order chi connectivity index (χ0) is 19.4. The average molecular weight is 404 g/mol. The van der Waals surface area contributed by atoms with Gasteiger partial charge in [-0.15, -0.1) is 22.7 Å². The summed E-state index contributed by atoms with van der Waals surface area (Å²) in [6.07, 6.45) is 4.12. The average Bonchev–Trinajstić information content (AvgIpc) is 3.31. The number of carbonyl (C=O) groups is 3. The molecule has 0 saturated carbocycles. The number of hydrogen-bond acceptors (Lipinski definition) is 7. The maximum atomic E-state index is 12.7. The Morgan fingerprint density at radius 2 is 1.96 bits per heavy atom. The number of aliphatic carboxylic acids is 1. The molecular formula is C19H18NO5S2-. The van der Waals surface area contributed by atoms with Crippen molar-refractivity contribution in [1.29, 1.82) is 0 Å². The lowest BCUT2D eigenvalue weighted by Crippen LogP contribution is -2.41. The molecule has 0 saturated heterocycles. The molecule has 1 amide bonds. The number of anilines is 1. The first-order chi connectivity index (χ1) is 13.0. The number of ether oxygens (including phenoxy) is 1. The summed E-state index contributed by atoms with van der Waals surface area (Å²) in [4.78, 5) is 37.5. The number of amides is 1.